The van der Waals surface area contributed by atoms with E-state index in [0.717, 1.165) is 30.2 Å². The molecule has 2 atom stereocenters. The number of nitrogens with zero attached hydrogens (tertiary/aromatic N) is 1. The number of aryl methyl sites for hydroxylation is 1. The molecule has 1 aliphatic carbocycles. The highest BCUT2D eigenvalue weighted by Crippen LogP contribution is 2.25. The molecule has 3 nitrogen and oxygen atoms in total. The number of anilines is 1. The Hall–Kier alpha value is -0.610. The van der Waals surface area contributed by atoms with Gasteiger partial charge in [-0.3, -0.25) is 0 Å². The summed E-state index contributed by atoms with van der Waals surface area (Å²) >= 11 is 1.64. The zero-order valence-electron chi connectivity index (χ0n) is 9.07. The van der Waals surface area contributed by atoms with E-state index < -0.39 is 0 Å². The molecule has 2 N–H and O–H groups in total. The van der Waals surface area contributed by atoms with Gasteiger partial charge in [0.25, 0.3) is 0 Å². The summed E-state index contributed by atoms with van der Waals surface area (Å²) in [6.07, 6.45) is 4.41. The van der Waals surface area contributed by atoms with E-state index in [-0.39, 0.29) is 6.10 Å². The van der Waals surface area contributed by atoms with Crippen molar-refractivity contribution in [1.82, 2.24) is 4.98 Å². The molecule has 1 aliphatic rings. The fourth-order valence-corrected chi connectivity index (χ4v) is 2.78. The first-order chi connectivity index (χ1) is 7.25. The summed E-state index contributed by atoms with van der Waals surface area (Å²) in [6, 6.07) is 0. The molecule has 0 radical (unpaired) electrons. The van der Waals surface area contributed by atoms with Gasteiger partial charge in [0.1, 0.15) is 0 Å². The Morgan fingerprint density at radius 1 is 1.53 bits per heavy atom. The van der Waals surface area contributed by atoms with Crippen LogP contribution in [0.3, 0.4) is 0 Å². The van der Waals surface area contributed by atoms with Crippen LogP contribution in [0.1, 0.15) is 31.4 Å². The van der Waals surface area contributed by atoms with Crippen LogP contribution in [0.2, 0.25) is 0 Å². The van der Waals surface area contributed by atoms with E-state index in [9.17, 15) is 5.11 Å². The minimum Gasteiger partial charge on any atom is -0.393 e. The Balaban J connectivity index is 1.81. The molecule has 2 rings (SSSR count). The number of aliphatic hydroxyl groups is 1. The van der Waals surface area contributed by atoms with Crippen molar-refractivity contribution in [3.8, 4) is 0 Å². The zero-order valence-corrected chi connectivity index (χ0v) is 9.89. The molecule has 1 heterocycles. The summed E-state index contributed by atoms with van der Waals surface area (Å²) in [6.45, 7) is 2.85. The van der Waals surface area contributed by atoms with Crippen LogP contribution in [0.5, 0.6) is 0 Å². The maximum absolute atomic E-state index is 9.80. The highest BCUT2D eigenvalue weighted by Gasteiger charge is 2.22. The molecule has 1 aromatic heterocycles. The molecule has 0 amide bonds. The zero-order chi connectivity index (χ0) is 10.7. The fraction of sp³-hybridized carbons (Fsp3) is 0.727. The summed E-state index contributed by atoms with van der Waals surface area (Å²) in [5.74, 6) is 0.406. The lowest BCUT2D eigenvalue weighted by Crippen LogP contribution is -2.30. The number of aromatic nitrogens is 1. The number of hydrogen-bond donors (Lipinski definition) is 2. The molecule has 2 unspecified atom stereocenters. The number of thiazole rings is 1. The van der Waals surface area contributed by atoms with Crippen LogP contribution >= 0.6 is 11.3 Å². The molecule has 0 bridgehead atoms. The molecular formula is C11H18N2OS. The normalized spacial score (nSPS) is 26.5. The van der Waals surface area contributed by atoms with E-state index >= 15 is 0 Å². The Bertz CT molecular complexity index is 313. The fourth-order valence-electron chi connectivity index (χ4n) is 2.08. The Labute approximate surface area is 94.5 Å². The number of hydrogen-bond acceptors (Lipinski definition) is 4. The minimum atomic E-state index is -0.118. The van der Waals surface area contributed by atoms with Gasteiger partial charge >= 0.3 is 0 Å². The van der Waals surface area contributed by atoms with Crippen LogP contribution in [0.15, 0.2) is 5.38 Å². The Morgan fingerprint density at radius 2 is 2.33 bits per heavy atom. The van der Waals surface area contributed by atoms with Crippen LogP contribution in [0, 0.1) is 12.8 Å². The Kier molecular flexibility index (Phi) is 3.59. The SMILES string of the molecule is Cc1csc(NCC2CCCCC2O)n1. The van der Waals surface area contributed by atoms with Gasteiger partial charge in [-0.15, -0.1) is 11.3 Å². The number of rotatable bonds is 3. The third-order valence-electron chi connectivity index (χ3n) is 3.00. The van der Waals surface area contributed by atoms with Gasteiger partial charge in [-0.2, -0.15) is 0 Å². The first-order valence-electron chi connectivity index (χ1n) is 5.60. The second-order valence-electron chi connectivity index (χ2n) is 4.29. The van der Waals surface area contributed by atoms with Crippen molar-refractivity contribution in [2.75, 3.05) is 11.9 Å². The quantitative estimate of drug-likeness (QED) is 0.832. The average molecular weight is 226 g/mol. The maximum Gasteiger partial charge on any atom is 0.182 e. The standard InChI is InChI=1S/C11H18N2OS/c1-8-7-15-11(13-8)12-6-9-4-2-3-5-10(9)14/h7,9-10,14H,2-6H2,1H3,(H,12,13). The van der Waals surface area contributed by atoms with Gasteiger partial charge in [0, 0.05) is 17.8 Å². The van der Waals surface area contributed by atoms with Crippen LogP contribution in [-0.4, -0.2) is 22.7 Å². The summed E-state index contributed by atoms with van der Waals surface area (Å²) in [5, 5.41) is 16.1. The first kappa shape index (κ1) is 10.9. The van der Waals surface area contributed by atoms with Crippen molar-refractivity contribution < 1.29 is 5.11 Å². The van der Waals surface area contributed by atoms with E-state index in [1.54, 1.807) is 11.3 Å². The predicted octanol–water partition coefficient (Wildman–Crippen LogP) is 2.41. The van der Waals surface area contributed by atoms with Crippen LogP contribution in [0.25, 0.3) is 0 Å². The largest absolute Gasteiger partial charge is 0.393 e. The van der Waals surface area contributed by atoms with Gasteiger partial charge in [-0.1, -0.05) is 12.8 Å². The van der Waals surface area contributed by atoms with E-state index in [0.29, 0.717) is 5.92 Å². The van der Waals surface area contributed by atoms with E-state index in [4.69, 9.17) is 0 Å². The lowest BCUT2D eigenvalue weighted by Gasteiger charge is -2.27. The van der Waals surface area contributed by atoms with E-state index in [2.05, 4.69) is 10.3 Å². The highest BCUT2D eigenvalue weighted by molar-refractivity contribution is 7.13. The smallest absolute Gasteiger partial charge is 0.182 e. The van der Waals surface area contributed by atoms with Gasteiger partial charge < -0.3 is 10.4 Å². The van der Waals surface area contributed by atoms with Gasteiger partial charge in [0.15, 0.2) is 5.13 Å². The molecule has 1 saturated carbocycles. The van der Waals surface area contributed by atoms with Crippen molar-refractivity contribution in [3.63, 3.8) is 0 Å². The lowest BCUT2D eigenvalue weighted by atomic mass is 9.86. The molecular weight excluding hydrogens is 208 g/mol. The average Bonchev–Trinajstić information content (AvgIpc) is 2.63. The molecule has 1 fully saturated rings. The number of nitrogens with one attached hydrogen (secondary N) is 1. The van der Waals surface area contributed by atoms with Crippen LogP contribution in [0.4, 0.5) is 5.13 Å². The van der Waals surface area contributed by atoms with Gasteiger partial charge in [0.2, 0.25) is 0 Å². The summed E-state index contributed by atoms with van der Waals surface area (Å²) in [7, 11) is 0. The van der Waals surface area contributed by atoms with Crippen molar-refractivity contribution >= 4 is 16.5 Å². The summed E-state index contributed by atoms with van der Waals surface area (Å²) in [4.78, 5) is 4.35. The summed E-state index contributed by atoms with van der Waals surface area (Å²) < 4.78 is 0. The molecule has 0 aliphatic heterocycles. The van der Waals surface area contributed by atoms with Crippen LogP contribution < -0.4 is 5.32 Å². The van der Waals surface area contributed by atoms with Gasteiger partial charge in [0.05, 0.1) is 11.8 Å². The minimum absolute atomic E-state index is 0.118. The molecule has 0 saturated heterocycles. The Morgan fingerprint density at radius 3 is 3.00 bits per heavy atom. The first-order valence-corrected chi connectivity index (χ1v) is 6.48. The molecule has 0 aromatic carbocycles. The van der Waals surface area contributed by atoms with Crippen molar-refractivity contribution in [1.29, 1.82) is 0 Å². The third kappa shape index (κ3) is 2.92. The van der Waals surface area contributed by atoms with Crippen molar-refractivity contribution in [2.24, 2.45) is 5.92 Å². The van der Waals surface area contributed by atoms with E-state index in [1.165, 1.54) is 12.8 Å². The monoisotopic (exact) mass is 226 g/mol. The van der Waals surface area contributed by atoms with Gasteiger partial charge in [-0.05, 0) is 19.8 Å². The van der Waals surface area contributed by atoms with Crippen molar-refractivity contribution in [3.05, 3.63) is 11.1 Å². The topological polar surface area (TPSA) is 45.1 Å². The highest BCUT2D eigenvalue weighted by atomic mass is 32.1. The second kappa shape index (κ2) is 4.94. The summed E-state index contributed by atoms with van der Waals surface area (Å²) in [5.41, 5.74) is 1.06. The molecule has 84 valence electrons. The molecule has 15 heavy (non-hydrogen) atoms. The maximum atomic E-state index is 9.80. The third-order valence-corrected chi connectivity index (χ3v) is 3.92. The predicted molar refractivity (Wildman–Crippen MR) is 63.3 cm³/mol. The molecule has 1 aromatic rings. The number of aliphatic hydroxyl groups excluding tert-OH is 1. The van der Waals surface area contributed by atoms with Crippen LogP contribution in [-0.2, 0) is 0 Å². The van der Waals surface area contributed by atoms with E-state index in [1.807, 2.05) is 12.3 Å². The second-order valence-corrected chi connectivity index (χ2v) is 5.14. The lowest BCUT2D eigenvalue weighted by molar-refractivity contribution is 0.0763. The van der Waals surface area contributed by atoms with Crippen molar-refractivity contribution in [2.45, 2.75) is 38.7 Å². The molecule has 0 spiro atoms. The molecule has 4 heteroatoms. The van der Waals surface area contributed by atoms with Gasteiger partial charge in [-0.25, -0.2) is 4.98 Å².